The highest BCUT2D eigenvalue weighted by Gasteiger charge is 2.25. The van der Waals surface area contributed by atoms with Gasteiger partial charge in [0.05, 0.1) is 6.04 Å². The molecule has 0 saturated heterocycles. The van der Waals surface area contributed by atoms with E-state index < -0.39 is 0 Å². The Balaban J connectivity index is 1.41. The number of nitrogens with one attached hydrogen (secondary N) is 2. The van der Waals surface area contributed by atoms with Crippen LogP contribution in [0.5, 0.6) is 0 Å². The van der Waals surface area contributed by atoms with Crippen LogP contribution < -0.4 is 5.32 Å². The SMILES string of the molecule is O=C(CCCn1cccn1)NC1CCCc2c1[nH]c1ccccc21. The average molecular weight is 322 g/mol. The summed E-state index contributed by atoms with van der Waals surface area (Å²) in [6.07, 6.45) is 8.24. The molecule has 1 unspecified atom stereocenters. The lowest BCUT2D eigenvalue weighted by molar-refractivity contribution is -0.122. The minimum absolute atomic E-state index is 0.110. The van der Waals surface area contributed by atoms with E-state index in [1.165, 1.54) is 22.2 Å². The molecular formula is C19H22N4O. The van der Waals surface area contributed by atoms with Gasteiger partial charge in [-0.1, -0.05) is 18.2 Å². The van der Waals surface area contributed by atoms with Crippen LogP contribution in [-0.4, -0.2) is 20.7 Å². The van der Waals surface area contributed by atoms with E-state index in [0.29, 0.717) is 6.42 Å². The van der Waals surface area contributed by atoms with E-state index in [1.807, 2.05) is 23.0 Å². The Kier molecular flexibility index (Phi) is 4.07. The first-order valence-electron chi connectivity index (χ1n) is 8.67. The zero-order valence-electron chi connectivity index (χ0n) is 13.7. The van der Waals surface area contributed by atoms with E-state index in [2.05, 4.69) is 33.6 Å². The summed E-state index contributed by atoms with van der Waals surface area (Å²) in [5, 5.41) is 8.68. The number of carbonyl (C=O) groups is 1. The molecule has 2 heterocycles. The maximum atomic E-state index is 12.3. The third-order valence-electron chi connectivity index (χ3n) is 4.80. The smallest absolute Gasteiger partial charge is 0.220 e. The van der Waals surface area contributed by atoms with Crippen LogP contribution in [0.3, 0.4) is 0 Å². The number of hydrogen-bond acceptors (Lipinski definition) is 2. The number of rotatable bonds is 5. The van der Waals surface area contributed by atoms with Gasteiger partial charge in [0.25, 0.3) is 0 Å². The van der Waals surface area contributed by atoms with Gasteiger partial charge in [-0.2, -0.15) is 5.10 Å². The van der Waals surface area contributed by atoms with Crippen LogP contribution in [-0.2, 0) is 17.8 Å². The largest absolute Gasteiger partial charge is 0.356 e. The van der Waals surface area contributed by atoms with Crippen LogP contribution in [0.1, 0.15) is 43.0 Å². The summed E-state index contributed by atoms with van der Waals surface area (Å²) in [7, 11) is 0. The molecule has 0 fully saturated rings. The number of para-hydroxylation sites is 1. The molecule has 1 amide bonds. The summed E-state index contributed by atoms with van der Waals surface area (Å²) in [5.74, 6) is 0.124. The fraction of sp³-hybridized carbons (Fsp3) is 0.368. The van der Waals surface area contributed by atoms with Gasteiger partial charge in [-0.3, -0.25) is 9.48 Å². The van der Waals surface area contributed by atoms with Crippen LogP contribution in [0.2, 0.25) is 0 Å². The molecule has 0 bridgehead atoms. The van der Waals surface area contributed by atoms with Gasteiger partial charge in [0.2, 0.25) is 5.91 Å². The number of fused-ring (bicyclic) bond motifs is 3. The lowest BCUT2D eigenvalue weighted by atomic mass is 9.91. The van der Waals surface area contributed by atoms with Gasteiger partial charge in [-0.15, -0.1) is 0 Å². The first kappa shape index (κ1) is 15.0. The lowest BCUT2D eigenvalue weighted by Crippen LogP contribution is -2.31. The summed E-state index contributed by atoms with van der Waals surface area (Å²) >= 11 is 0. The van der Waals surface area contributed by atoms with E-state index in [4.69, 9.17) is 0 Å². The van der Waals surface area contributed by atoms with Crippen LogP contribution in [0.25, 0.3) is 10.9 Å². The van der Waals surface area contributed by atoms with E-state index in [9.17, 15) is 4.79 Å². The van der Waals surface area contributed by atoms with Crippen molar-refractivity contribution in [2.75, 3.05) is 0 Å². The maximum Gasteiger partial charge on any atom is 0.220 e. The molecule has 124 valence electrons. The van der Waals surface area contributed by atoms with Crippen molar-refractivity contribution in [1.82, 2.24) is 20.1 Å². The second-order valence-corrected chi connectivity index (χ2v) is 6.45. The minimum Gasteiger partial charge on any atom is -0.356 e. The van der Waals surface area contributed by atoms with Gasteiger partial charge in [0.15, 0.2) is 0 Å². The third-order valence-corrected chi connectivity index (χ3v) is 4.80. The number of amides is 1. The summed E-state index contributed by atoms with van der Waals surface area (Å²) in [6.45, 7) is 0.780. The van der Waals surface area contributed by atoms with Gasteiger partial charge in [-0.25, -0.2) is 0 Å². The van der Waals surface area contributed by atoms with E-state index in [1.54, 1.807) is 6.20 Å². The molecular weight excluding hydrogens is 300 g/mol. The highest BCUT2D eigenvalue weighted by molar-refractivity contribution is 5.85. The average Bonchev–Trinajstić information content (AvgIpc) is 3.23. The Morgan fingerprint density at radius 3 is 3.12 bits per heavy atom. The number of benzene rings is 1. The molecule has 0 aliphatic heterocycles. The van der Waals surface area contributed by atoms with Gasteiger partial charge in [0.1, 0.15) is 0 Å². The highest BCUT2D eigenvalue weighted by atomic mass is 16.1. The van der Waals surface area contributed by atoms with E-state index in [-0.39, 0.29) is 11.9 Å². The normalized spacial score (nSPS) is 16.9. The summed E-state index contributed by atoms with van der Waals surface area (Å²) < 4.78 is 1.86. The fourth-order valence-electron chi connectivity index (χ4n) is 3.66. The van der Waals surface area contributed by atoms with Crippen molar-refractivity contribution in [3.8, 4) is 0 Å². The molecule has 1 atom stereocenters. The lowest BCUT2D eigenvalue weighted by Gasteiger charge is -2.24. The molecule has 5 nitrogen and oxygen atoms in total. The second kappa shape index (κ2) is 6.51. The molecule has 0 spiro atoms. The topological polar surface area (TPSA) is 62.7 Å². The fourth-order valence-corrected chi connectivity index (χ4v) is 3.66. The van der Waals surface area contributed by atoms with Gasteiger partial charge >= 0.3 is 0 Å². The molecule has 5 heteroatoms. The third kappa shape index (κ3) is 2.94. The summed E-state index contributed by atoms with van der Waals surface area (Å²) in [5.41, 5.74) is 3.74. The van der Waals surface area contributed by atoms with Crippen LogP contribution in [0.4, 0.5) is 0 Å². The number of aromatic nitrogens is 3. The van der Waals surface area contributed by atoms with Crippen LogP contribution in [0, 0.1) is 0 Å². The minimum atomic E-state index is 0.110. The molecule has 2 N–H and O–H groups in total. The molecule has 0 saturated carbocycles. The molecule has 24 heavy (non-hydrogen) atoms. The Hall–Kier alpha value is -2.56. The first-order chi connectivity index (χ1) is 11.8. The van der Waals surface area contributed by atoms with Crippen molar-refractivity contribution in [2.24, 2.45) is 0 Å². The second-order valence-electron chi connectivity index (χ2n) is 6.45. The molecule has 0 radical (unpaired) electrons. The molecule has 1 aliphatic carbocycles. The molecule has 1 aliphatic rings. The Morgan fingerprint density at radius 2 is 2.25 bits per heavy atom. The van der Waals surface area contributed by atoms with Crippen molar-refractivity contribution in [2.45, 2.75) is 44.7 Å². The van der Waals surface area contributed by atoms with E-state index in [0.717, 1.165) is 32.2 Å². The number of carbonyl (C=O) groups excluding carboxylic acids is 1. The van der Waals surface area contributed by atoms with Crippen molar-refractivity contribution < 1.29 is 4.79 Å². The quantitative estimate of drug-likeness (QED) is 0.757. The maximum absolute atomic E-state index is 12.3. The predicted octanol–water partition coefficient (Wildman–Crippen LogP) is 3.34. The molecule has 1 aromatic carbocycles. The van der Waals surface area contributed by atoms with Gasteiger partial charge in [0, 0.05) is 42.0 Å². The standard InChI is InChI=1S/C19H22N4O/c24-18(10-4-12-23-13-5-11-20-23)21-17-9-3-7-15-14-6-1-2-8-16(14)22-19(15)17/h1-2,5-6,8,11,13,17,22H,3-4,7,9-10,12H2,(H,21,24). The first-order valence-corrected chi connectivity index (χ1v) is 8.67. The Morgan fingerprint density at radius 1 is 1.33 bits per heavy atom. The Bertz CT molecular complexity index is 834. The van der Waals surface area contributed by atoms with Gasteiger partial charge < -0.3 is 10.3 Å². The number of hydrogen-bond donors (Lipinski definition) is 2. The predicted molar refractivity (Wildman–Crippen MR) is 93.6 cm³/mol. The van der Waals surface area contributed by atoms with E-state index >= 15 is 0 Å². The number of nitrogens with zero attached hydrogens (tertiary/aromatic N) is 2. The van der Waals surface area contributed by atoms with Gasteiger partial charge in [-0.05, 0) is 43.4 Å². The molecule has 3 aromatic rings. The van der Waals surface area contributed by atoms with Crippen LogP contribution >= 0.6 is 0 Å². The number of aromatic amines is 1. The van der Waals surface area contributed by atoms with Crippen molar-refractivity contribution in [3.05, 3.63) is 54.0 Å². The monoisotopic (exact) mass is 322 g/mol. The van der Waals surface area contributed by atoms with Crippen LogP contribution in [0.15, 0.2) is 42.7 Å². The summed E-state index contributed by atoms with van der Waals surface area (Å²) in [4.78, 5) is 15.8. The molecule has 2 aromatic heterocycles. The van der Waals surface area contributed by atoms with Crippen molar-refractivity contribution in [3.63, 3.8) is 0 Å². The Labute approximate surface area is 141 Å². The zero-order valence-corrected chi connectivity index (χ0v) is 13.7. The number of aryl methyl sites for hydroxylation is 2. The number of H-pyrrole nitrogens is 1. The highest BCUT2D eigenvalue weighted by Crippen LogP contribution is 2.34. The van der Waals surface area contributed by atoms with Crippen molar-refractivity contribution >= 4 is 16.8 Å². The summed E-state index contributed by atoms with van der Waals surface area (Å²) in [6, 6.07) is 10.4. The van der Waals surface area contributed by atoms with Crippen molar-refractivity contribution in [1.29, 1.82) is 0 Å². The zero-order chi connectivity index (χ0) is 16.4. The molecule has 4 rings (SSSR count).